The lowest BCUT2D eigenvalue weighted by Gasteiger charge is -2.15. The highest BCUT2D eigenvalue weighted by atomic mass is 32.1. The summed E-state index contributed by atoms with van der Waals surface area (Å²) in [4.78, 5) is 16.4. The van der Waals surface area contributed by atoms with Crippen LogP contribution in [0.2, 0.25) is 0 Å². The number of primary amides is 1. The number of nitrogens with zero attached hydrogens (tertiary/aromatic N) is 2. The van der Waals surface area contributed by atoms with Crippen LogP contribution in [0.1, 0.15) is 41.8 Å². The van der Waals surface area contributed by atoms with Gasteiger partial charge in [0.25, 0.3) is 5.91 Å². The molecule has 1 saturated carbocycles. The molecule has 3 aromatic heterocycles. The molecule has 1 aliphatic rings. The van der Waals surface area contributed by atoms with Crippen LogP contribution in [0.4, 0.5) is 0 Å². The lowest BCUT2D eigenvalue weighted by atomic mass is 9.97. The Morgan fingerprint density at radius 1 is 1.06 bits per heavy atom. The van der Waals surface area contributed by atoms with Crippen LogP contribution < -0.4 is 16.2 Å². The van der Waals surface area contributed by atoms with Crippen molar-refractivity contribution in [3.8, 4) is 28.3 Å². The second-order valence-electron chi connectivity index (χ2n) is 7.95. The average molecular weight is 449 g/mol. The van der Waals surface area contributed by atoms with Crippen molar-refractivity contribution in [3.05, 3.63) is 65.0 Å². The zero-order valence-electron chi connectivity index (χ0n) is 18.2. The van der Waals surface area contributed by atoms with E-state index < -0.39 is 5.91 Å². The number of pyridine rings is 1. The molecule has 4 N–H and O–H groups in total. The maximum absolute atomic E-state index is 11.4. The Labute approximate surface area is 191 Å². The number of carbonyl (C=O) groups excluding carboxylic acids is 1. The van der Waals surface area contributed by atoms with E-state index in [1.807, 2.05) is 52.2 Å². The van der Waals surface area contributed by atoms with Crippen molar-refractivity contribution < 1.29 is 9.53 Å². The number of hydrogen-bond acceptors (Lipinski definition) is 5. The molecule has 0 radical (unpaired) electrons. The Bertz CT molecular complexity index is 1190. The molecule has 6 nitrogen and oxygen atoms in total. The zero-order valence-corrected chi connectivity index (χ0v) is 19.0. The molecule has 4 aromatic rings. The molecule has 0 spiro atoms. The fourth-order valence-corrected chi connectivity index (χ4v) is 4.72. The van der Waals surface area contributed by atoms with Crippen LogP contribution >= 0.6 is 11.3 Å². The van der Waals surface area contributed by atoms with Crippen LogP contribution in [0.5, 0.6) is 5.88 Å². The van der Waals surface area contributed by atoms with Crippen molar-refractivity contribution in [1.82, 2.24) is 9.38 Å². The number of aromatic nitrogens is 2. The van der Waals surface area contributed by atoms with Gasteiger partial charge in [-0.05, 0) is 36.1 Å². The monoisotopic (exact) mass is 448 g/mol. The molecule has 5 rings (SSSR count). The van der Waals surface area contributed by atoms with Crippen LogP contribution in [-0.2, 0) is 0 Å². The summed E-state index contributed by atoms with van der Waals surface area (Å²) in [5.41, 5.74) is 15.6. The molecule has 0 aliphatic heterocycles. The highest BCUT2D eigenvalue weighted by Crippen LogP contribution is 2.32. The minimum atomic E-state index is -0.427. The summed E-state index contributed by atoms with van der Waals surface area (Å²) in [5.74, 6) is 0.249. The van der Waals surface area contributed by atoms with Crippen molar-refractivity contribution in [2.75, 3.05) is 7.11 Å². The van der Waals surface area contributed by atoms with E-state index in [1.165, 1.54) is 43.4 Å². The van der Waals surface area contributed by atoms with Gasteiger partial charge in [-0.15, -0.1) is 11.3 Å². The first-order valence-electron chi connectivity index (χ1n) is 10.8. The number of amides is 1. The van der Waals surface area contributed by atoms with E-state index >= 15 is 0 Å². The van der Waals surface area contributed by atoms with Crippen molar-refractivity contribution in [1.29, 1.82) is 0 Å². The molecule has 7 heteroatoms. The summed E-state index contributed by atoms with van der Waals surface area (Å²) < 4.78 is 7.53. The molecule has 1 aromatic carbocycles. The molecule has 3 heterocycles. The van der Waals surface area contributed by atoms with Gasteiger partial charge in [-0.3, -0.25) is 9.20 Å². The van der Waals surface area contributed by atoms with Gasteiger partial charge in [-0.25, -0.2) is 4.98 Å². The SMILES string of the molecule is COc1cc(-c2ccccc2)cc2ncc(-c3csc(C(N)=O)c3)n12.NC1CCCCC1. The van der Waals surface area contributed by atoms with Crippen LogP contribution in [-0.4, -0.2) is 28.4 Å². The fraction of sp³-hybridized carbons (Fsp3) is 0.280. The van der Waals surface area contributed by atoms with Crippen LogP contribution in [0.15, 0.2) is 60.1 Å². The van der Waals surface area contributed by atoms with Gasteiger partial charge < -0.3 is 16.2 Å². The smallest absolute Gasteiger partial charge is 0.258 e. The van der Waals surface area contributed by atoms with Crippen molar-refractivity contribution >= 4 is 22.9 Å². The van der Waals surface area contributed by atoms with Gasteiger partial charge in [0.05, 0.1) is 23.9 Å². The summed E-state index contributed by atoms with van der Waals surface area (Å²) in [6.07, 6.45) is 8.44. The zero-order chi connectivity index (χ0) is 22.5. The maximum atomic E-state index is 11.4. The third-order valence-corrected chi connectivity index (χ3v) is 6.62. The number of fused-ring (bicyclic) bond motifs is 1. The Kier molecular flexibility index (Phi) is 6.87. The quantitative estimate of drug-likeness (QED) is 0.453. The molecule has 1 amide bonds. The first-order chi connectivity index (χ1) is 15.6. The molecular formula is C25H28N4O2S. The molecule has 1 aliphatic carbocycles. The number of ether oxygens (including phenoxy) is 1. The number of methoxy groups -OCH3 is 1. The van der Waals surface area contributed by atoms with E-state index in [2.05, 4.69) is 4.98 Å². The van der Waals surface area contributed by atoms with Crippen LogP contribution in [0.3, 0.4) is 0 Å². The summed E-state index contributed by atoms with van der Waals surface area (Å²) >= 11 is 1.32. The predicted molar refractivity (Wildman–Crippen MR) is 130 cm³/mol. The maximum Gasteiger partial charge on any atom is 0.258 e. The van der Waals surface area contributed by atoms with Gasteiger partial charge in [-0.2, -0.15) is 0 Å². The third-order valence-electron chi connectivity index (χ3n) is 5.68. The molecule has 0 saturated heterocycles. The first-order valence-corrected chi connectivity index (χ1v) is 11.7. The Hall–Kier alpha value is -3.16. The lowest BCUT2D eigenvalue weighted by Crippen LogP contribution is -2.22. The third kappa shape index (κ3) is 4.84. The van der Waals surface area contributed by atoms with Crippen molar-refractivity contribution in [3.63, 3.8) is 0 Å². The number of nitrogens with two attached hydrogens (primary N) is 2. The summed E-state index contributed by atoms with van der Waals surface area (Å²) in [6.45, 7) is 0. The first kappa shape index (κ1) is 22.0. The topological polar surface area (TPSA) is 95.6 Å². The standard InChI is InChI=1S/C19H15N3O2S.C6H13N/c1-24-18-9-13(12-5-3-2-4-6-12)8-17-21-10-15(22(17)18)14-7-16(19(20)23)25-11-14;7-6-4-2-1-3-5-6/h2-11H,1H3,(H2,20,23);6H,1-5,7H2. The molecule has 166 valence electrons. The Balaban J connectivity index is 0.000000300. The van der Waals surface area contributed by atoms with Gasteiger partial charge in [0, 0.05) is 23.1 Å². The number of benzene rings is 1. The summed E-state index contributed by atoms with van der Waals surface area (Å²) in [7, 11) is 1.63. The van der Waals surface area contributed by atoms with Gasteiger partial charge in [0.2, 0.25) is 0 Å². The summed E-state index contributed by atoms with van der Waals surface area (Å²) in [5, 5.41) is 1.90. The van der Waals surface area contributed by atoms with Gasteiger partial charge in [-0.1, -0.05) is 49.6 Å². The number of imidazole rings is 1. The molecule has 0 atom stereocenters. The van der Waals surface area contributed by atoms with Gasteiger partial charge >= 0.3 is 0 Å². The molecule has 32 heavy (non-hydrogen) atoms. The molecule has 0 unspecified atom stereocenters. The van der Waals surface area contributed by atoms with Crippen molar-refractivity contribution in [2.24, 2.45) is 11.5 Å². The summed E-state index contributed by atoms with van der Waals surface area (Å²) in [6, 6.07) is 16.4. The van der Waals surface area contributed by atoms with Crippen LogP contribution in [0, 0.1) is 0 Å². The fourth-order valence-electron chi connectivity index (χ4n) is 3.96. The molecule has 0 bridgehead atoms. The Morgan fingerprint density at radius 3 is 2.41 bits per heavy atom. The normalized spacial score (nSPS) is 14.1. The van der Waals surface area contributed by atoms with E-state index in [4.69, 9.17) is 16.2 Å². The van der Waals surface area contributed by atoms with Gasteiger partial charge in [0.15, 0.2) is 5.88 Å². The number of carbonyl (C=O) groups is 1. The highest BCUT2D eigenvalue weighted by molar-refractivity contribution is 7.12. The van der Waals surface area contributed by atoms with E-state index in [0.29, 0.717) is 16.8 Å². The van der Waals surface area contributed by atoms with Crippen molar-refractivity contribution in [2.45, 2.75) is 38.1 Å². The van der Waals surface area contributed by atoms with E-state index in [1.54, 1.807) is 19.4 Å². The average Bonchev–Trinajstić information content (AvgIpc) is 3.47. The highest BCUT2D eigenvalue weighted by Gasteiger charge is 2.15. The second kappa shape index (κ2) is 9.97. The minimum Gasteiger partial charge on any atom is -0.482 e. The van der Waals surface area contributed by atoms with E-state index in [-0.39, 0.29) is 0 Å². The van der Waals surface area contributed by atoms with Gasteiger partial charge in [0.1, 0.15) is 5.65 Å². The predicted octanol–water partition coefficient (Wildman–Crippen LogP) is 5.12. The van der Waals surface area contributed by atoms with E-state index in [0.717, 1.165) is 28.0 Å². The lowest BCUT2D eigenvalue weighted by molar-refractivity contribution is 0.100. The minimum absolute atomic E-state index is 0.427. The second-order valence-corrected chi connectivity index (χ2v) is 8.86. The largest absolute Gasteiger partial charge is 0.482 e. The number of rotatable bonds is 4. The molecular weight excluding hydrogens is 420 g/mol. The molecule has 1 fully saturated rings. The number of hydrogen-bond donors (Lipinski definition) is 2. The van der Waals surface area contributed by atoms with E-state index in [9.17, 15) is 4.79 Å². The van der Waals surface area contributed by atoms with Crippen LogP contribution in [0.25, 0.3) is 28.0 Å². The Morgan fingerprint density at radius 2 is 1.81 bits per heavy atom. The number of thiophene rings is 1.